The molecule has 0 amide bonds. The minimum atomic E-state index is -3.02. The summed E-state index contributed by atoms with van der Waals surface area (Å²) in [5.41, 5.74) is 0. The maximum absolute atomic E-state index is 11.5. The van der Waals surface area contributed by atoms with E-state index in [1.807, 2.05) is 23.0 Å². The van der Waals surface area contributed by atoms with Gasteiger partial charge in [0.25, 0.3) is 0 Å². The molecule has 0 aliphatic carbocycles. The summed E-state index contributed by atoms with van der Waals surface area (Å²) in [6.07, 6.45) is 0. The normalized spacial score (nSPS) is 20.6. The molecule has 1 rings (SSSR count). The second-order valence-corrected chi connectivity index (χ2v) is 6.66. The number of halogens is 1. The molecule has 0 atom stereocenters. The molecule has 0 spiro atoms. The van der Waals surface area contributed by atoms with Crippen LogP contribution in [0.3, 0.4) is 0 Å². The SMILES string of the molecule is CC(C)S(=O)(=O)N1CC(COI)C1. The molecule has 1 aliphatic heterocycles. The van der Waals surface area contributed by atoms with Gasteiger partial charge in [0.2, 0.25) is 10.0 Å². The van der Waals surface area contributed by atoms with E-state index >= 15 is 0 Å². The fourth-order valence-electron chi connectivity index (χ4n) is 1.22. The zero-order valence-corrected chi connectivity index (χ0v) is 10.7. The van der Waals surface area contributed by atoms with E-state index in [0.717, 1.165) is 0 Å². The Kier molecular flexibility index (Phi) is 3.96. The van der Waals surface area contributed by atoms with Gasteiger partial charge in [-0.2, -0.15) is 0 Å². The van der Waals surface area contributed by atoms with E-state index in [0.29, 0.717) is 25.6 Å². The van der Waals surface area contributed by atoms with Gasteiger partial charge in [0.1, 0.15) is 23.0 Å². The molecule has 1 heterocycles. The Morgan fingerprint density at radius 2 is 2.08 bits per heavy atom. The van der Waals surface area contributed by atoms with Crippen molar-refractivity contribution in [1.29, 1.82) is 0 Å². The zero-order chi connectivity index (χ0) is 10.1. The molecule has 13 heavy (non-hydrogen) atoms. The Morgan fingerprint density at radius 3 is 2.46 bits per heavy atom. The van der Waals surface area contributed by atoms with E-state index in [9.17, 15) is 8.42 Å². The second kappa shape index (κ2) is 4.41. The topological polar surface area (TPSA) is 46.6 Å². The van der Waals surface area contributed by atoms with Crippen LogP contribution < -0.4 is 0 Å². The van der Waals surface area contributed by atoms with E-state index in [4.69, 9.17) is 3.07 Å². The van der Waals surface area contributed by atoms with Crippen molar-refractivity contribution in [3.63, 3.8) is 0 Å². The van der Waals surface area contributed by atoms with Crippen molar-refractivity contribution < 1.29 is 11.5 Å². The summed E-state index contributed by atoms with van der Waals surface area (Å²) in [7, 11) is -3.02. The van der Waals surface area contributed by atoms with E-state index in [2.05, 4.69) is 0 Å². The predicted octanol–water partition coefficient (Wildman–Crippen LogP) is 1.02. The zero-order valence-electron chi connectivity index (χ0n) is 7.73. The van der Waals surface area contributed by atoms with Gasteiger partial charge in [0.05, 0.1) is 11.9 Å². The van der Waals surface area contributed by atoms with Gasteiger partial charge < -0.3 is 3.07 Å². The summed E-state index contributed by atoms with van der Waals surface area (Å²) < 4.78 is 29.5. The number of sulfonamides is 1. The van der Waals surface area contributed by atoms with Crippen molar-refractivity contribution in [2.24, 2.45) is 5.92 Å². The third kappa shape index (κ3) is 2.54. The number of hydrogen-bond acceptors (Lipinski definition) is 3. The molecule has 0 radical (unpaired) electrons. The monoisotopic (exact) mass is 319 g/mol. The molecule has 6 heteroatoms. The highest BCUT2D eigenvalue weighted by atomic mass is 127. The van der Waals surface area contributed by atoms with Crippen LogP contribution in [0.5, 0.6) is 0 Å². The Bertz CT molecular complexity index is 259. The minimum Gasteiger partial charge on any atom is -0.315 e. The largest absolute Gasteiger partial charge is 0.315 e. The van der Waals surface area contributed by atoms with E-state index in [1.54, 1.807) is 13.8 Å². The average molecular weight is 319 g/mol. The second-order valence-electron chi connectivity index (χ2n) is 3.55. The Morgan fingerprint density at radius 1 is 1.54 bits per heavy atom. The first-order chi connectivity index (χ1) is 5.98. The highest BCUT2D eigenvalue weighted by Gasteiger charge is 2.37. The van der Waals surface area contributed by atoms with Crippen molar-refractivity contribution in [1.82, 2.24) is 4.31 Å². The molecule has 4 nitrogen and oxygen atoms in total. The van der Waals surface area contributed by atoms with Gasteiger partial charge in [-0.3, -0.25) is 0 Å². The number of nitrogens with zero attached hydrogens (tertiary/aromatic N) is 1. The Balaban J connectivity index is 2.43. The lowest BCUT2D eigenvalue weighted by molar-refractivity contribution is 0.152. The molecule has 0 aromatic heterocycles. The van der Waals surface area contributed by atoms with Crippen LogP contribution in [0.15, 0.2) is 0 Å². The summed E-state index contributed by atoms with van der Waals surface area (Å²) >= 11 is 1.83. The minimum absolute atomic E-state index is 0.311. The lowest BCUT2D eigenvalue weighted by Crippen LogP contribution is -2.53. The van der Waals surface area contributed by atoms with Crippen molar-refractivity contribution in [2.75, 3.05) is 19.7 Å². The van der Waals surface area contributed by atoms with Gasteiger partial charge in [-0.1, -0.05) is 0 Å². The van der Waals surface area contributed by atoms with E-state index < -0.39 is 10.0 Å². The molecule has 0 bridgehead atoms. The average Bonchev–Trinajstić information content (AvgIpc) is 1.95. The summed E-state index contributed by atoms with van der Waals surface area (Å²) in [6, 6.07) is 0. The van der Waals surface area contributed by atoms with Crippen LogP contribution in [0, 0.1) is 5.92 Å². The van der Waals surface area contributed by atoms with Gasteiger partial charge in [0.15, 0.2) is 0 Å². The van der Waals surface area contributed by atoms with Crippen LogP contribution in [0.2, 0.25) is 0 Å². The molecular weight excluding hydrogens is 305 g/mol. The molecule has 0 N–H and O–H groups in total. The maximum atomic E-state index is 11.5. The highest BCUT2D eigenvalue weighted by molar-refractivity contribution is 14.1. The lowest BCUT2D eigenvalue weighted by atomic mass is 10.1. The third-order valence-corrected chi connectivity index (χ3v) is 4.75. The lowest BCUT2D eigenvalue weighted by Gasteiger charge is -2.38. The van der Waals surface area contributed by atoms with Gasteiger partial charge in [-0.15, -0.1) is 0 Å². The van der Waals surface area contributed by atoms with Crippen molar-refractivity contribution in [2.45, 2.75) is 19.1 Å². The van der Waals surface area contributed by atoms with Crippen LogP contribution in [0.25, 0.3) is 0 Å². The van der Waals surface area contributed by atoms with Crippen LogP contribution in [-0.4, -0.2) is 37.7 Å². The van der Waals surface area contributed by atoms with Crippen molar-refractivity contribution in [3.8, 4) is 0 Å². The summed E-state index contributed by atoms with van der Waals surface area (Å²) in [4.78, 5) is 0. The highest BCUT2D eigenvalue weighted by Crippen LogP contribution is 2.22. The summed E-state index contributed by atoms with van der Waals surface area (Å²) in [6.45, 7) is 5.28. The molecular formula is C7H14INO3S. The maximum Gasteiger partial charge on any atom is 0.216 e. The predicted molar refractivity (Wildman–Crippen MR) is 59.1 cm³/mol. The molecule has 0 aromatic rings. The van der Waals surface area contributed by atoms with Gasteiger partial charge in [-0.25, -0.2) is 12.7 Å². The molecule has 1 fully saturated rings. The third-order valence-electron chi connectivity index (χ3n) is 2.18. The Labute approximate surface area is 93.4 Å². The standard InChI is InChI=1S/C7H14INO3S/c1-6(2)13(10,11)9-3-7(4-9)5-12-8/h6-7H,3-5H2,1-2H3. The van der Waals surface area contributed by atoms with Crippen LogP contribution in [0.4, 0.5) is 0 Å². The first-order valence-electron chi connectivity index (χ1n) is 4.21. The molecule has 0 unspecified atom stereocenters. The van der Waals surface area contributed by atoms with E-state index in [-0.39, 0.29) is 5.25 Å². The van der Waals surface area contributed by atoms with Gasteiger partial charge in [-0.05, 0) is 13.8 Å². The summed E-state index contributed by atoms with van der Waals surface area (Å²) in [5, 5.41) is -0.311. The molecule has 1 aliphatic rings. The smallest absolute Gasteiger partial charge is 0.216 e. The quantitative estimate of drug-likeness (QED) is 0.727. The fourth-order valence-corrected chi connectivity index (χ4v) is 3.16. The van der Waals surface area contributed by atoms with Crippen molar-refractivity contribution >= 4 is 33.0 Å². The van der Waals surface area contributed by atoms with Gasteiger partial charge >= 0.3 is 0 Å². The fraction of sp³-hybridized carbons (Fsp3) is 1.00. The van der Waals surface area contributed by atoms with Gasteiger partial charge in [0, 0.05) is 19.0 Å². The van der Waals surface area contributed by atoms with Crippen molar-refractivity contribution in [3.05, 3.63) is 0 Å². The molecule has 0 aromatic carbocycles. The number of rotatable bonds is 4. The summed E-state index contributed by atoms with van der Waals surface area (Å²) in [5.74, 6) is 0.380. The first-order valence-corrected chi connectivity index (χ1v) is 6.59. The molecule has 0 saturated carbocycles. The molecule has 1 saturated heterocycles. The molecule has 78 valence electrons. The van der Waals surface area contributed by atoms with Crippen LogP contribution in [0.1, 0.15) is 13.8 Å². The first kappa shape index (κ1) is 11.7. The van der Waals surface area contributed by atoms with E-state index in [1.165, 1.54) is 4.31 Å². The van der Waals surface area contributed by atoms with Crippen LogP contribution in [-0.2, 0) is 13.1 Å². The Hall–Kier alpha value is 0.600. The number of hydrogen-bond donors (Lipinski definition) is 0. The van der Waals surface area contributed by atoms with Crippen LogP contribution >= 0.6 is 23.0 Å².